The first-order valence-corrected chi connectivity index (χ1v) is 12.3. The molecule has 0 saturated carbocycles. The van der Waals surface area contributed by atoms with Crippen LogP contribution in [0.4, 0.5) is 5.82 Å². The van der Waals surface area contributed by atoms with Crippen LogP contribution in [0.15, 0.2) is 41.1 Å². The van der Waals surface area contributed by atoms with E-state index in [0.717, 1.165) is 25.2 Å². The number of benzene rings is 1. The number of aromatic nitrogens is 1. The number of pyridine rings is 1. The van der Waals surface area contributed by atoms with Gasteiger partial charge in [0.1, 0.15) is 5.82 Å². The number of rotatable bonds is 7. The molecule has 4 heteroatoms. The van der Waals surface area contributed by atoms with Crippen LogP contribution >= 0.6 is 11.3 Å². The molecule has 3 heterocycles. The van der Waals surface area contributed by atoms with Crippen LogP contribution in [0.2, 0.25) is 0 Å². The summed E-state index contributed by atoms with van der Waals surface area (Å²) in [4.78, 5) is 7.72. The molecule has 5 rings (SSSR count). The number of aryl methyl sites for hydroxylation is 1. The first-order chi connectivity index (χ1) is 14.8. The van der Waals surface area contributed by atoms with Crippen molar-refractivity contribution in [2.75, 3.05) is 31.5 Å². The average molecular weight is 418 g/mol. The van der Waals surface area contributed by atoms with E-state index in [0.29, 0.717) is 0 Å². The smallest absolute Gasteiger partial charge is 0.134 e. The van der Waals surface area contributed by atoms with Gasteiger partial charge in [-0.25, -0.2) is 4.98 Å². The number of anilines is 1. The molecule has 0 atom stereocenters. The van der Waals surface area contributed by atoms with Crippen molar-refractivity contribution < 1.29 is 0 Å². The third-order valence-corrected chi connectivity index (χ3v) is 7.15. The van der Waals surface area contributed by atoms with Crippen LogP contribution in [-0.2, 0) is 12.8 Å². The maximum Gasteiger partial charge on any atom is 0.134 e. The number of nitrogens with zero attached hydrogens (tertiary/aromatic N) is 2. The summed E-state index contributed by atoms with van der Waals surface area (Å²) in [6, 6.07) is 11.4. The number of piperidine rings is 1. The molecule has 0 bridgehead atoms. The Kier molecular flexibility index (Phi) is 5.87. The summed E-state index contributed by atoms with van der Waals surface area (Å²) in [6.07, 6.45) is 7.24. The van der Waals surface area contributed by atoms with Crippen LogP contribution < -0.4 is 5.32 Å². The van der Waals surface area contributed by atoms with Gasteiger partial charge in [0.25, 0.3) is 0 Å². The fourth-order valence-corrected chi connectivity index (χ4v) is 5.60. The van der Waals surface area contributed by atoms with Gasteiger partial charge in [0.2, 0.25) is 0 Å². The lowest BCUT2D eigenvalue weighted by molar-refractivity contribution is 0.228. The van der Waals surface area contributed by atoms with Crippen LogP contribution in [0.5, 0.6) is 0 Å². The highest BCUT2D eigenvalue weighted by atomic mass is 32.1. The molecule has 1 aliphatic heterocycles. The van der Waals surface area contributed by atoms with Crippen LogP contribution in [-0.4, -0.2) is 36.1 Å². The van der Waals surface area contributed by atoms with Gasteiger partial charge in [0, 0.05) is 24.2 Å². The SMILES string of the molecule is Cc1ccc2c(c1)Cc1cc(Cc3ccsc3)nc(NCCCN3CCCCC3)c1-2. The molecule has 0 spiro atoms. The lowest BCUT2D eigenvalue weighted by Crippen LogP contribution is -2.31. The quantitative estimate of drug-likeness (QED) is 0.379. The molecule has 3 aromatic rings. The molecular weight excluding hydrogens is 386 g/mol. The van der Waals surface area contributed by atoms with E-state index in [-0.39, 0.29) is 0 Å². The molecule has 0 radical (unpaired) electrons. The number of fused-ring (bicyclic) bond motifs is 3. The van der Waals surface area contributed by atoms with E-state index >= 15 is 0 Å². The number of nitrogens with one attached hydrogen (secondary N) is 1. The Morgan fingerprint density at radius 3 is 2.80 bits per heavy atom. The molecule has 1 aliphatic carbocycles. The van der Waals surface area contributed by atoms with E-state index in [1.54, 1.807) is 11.3 Å². The molecule has 0 amide bonds. The first kappa shape index (κ1) is 19.8. The zero-order valence-electron chi connectivity index (χ0n) is 17.9. The van der Waals surface area contributed by atoms with Crippen molar-refractivity contribution in [2.45, 2.75) is 45.4 Å². The summed E-state index contributed by atoms with van der Waals surface area (Å²) in [5, 5.41) is 8.11. The summed E-state index contributed by atoms with van der Waals surface area (Å²) in [5.41, 5.74) is 9.43. The number of likely N-dealkylation sites (tertiary alicyclic amines) is 1. The molecule has 0 unspecified atom stereocenters. The molecular formula is C26H31N3S. The molecule has 1 aromatic carbocycles. The minimum atomic E-state index is 0.911. The van der Waals surface area contributed by atoms with Gasteiger partial charge in [0.15, 0.2) is 0 Å². The maximum absolute atomic E-state index is 5.10. The van der Waals surface area contributed by atoms with E-state index < -0.39 is 0 Å². The van der Waals surface area contributed by atoms with E-state index in [1.807, 2.05) is 0 Å². The summed E-state index contributed by atoms with van der Waals surface area (Å²) < 4.78 is 0. The van der Waals surface area contributed by atoms with Crippen molar-refractivity contribution >= 4 is 17.2 Å². The fraction of sp³-hybridized carbons (Fsp3) is 0.423. The van der Waals surface area contributed by atoms with E-state index in [4.69, 9.17) is 4.98 Å². The predicted molar refractivity (Wildman–Crippen MR) is 128 cm³/mol. The third kappa shape index (κ3) is 4.30. The molecule has 30 heavy (non-hydrogen) atoms. The largest absolute Gasteiger partial charge is 0.369 e. The molecule has 1 fully saturated rings. The van der Waals surface area contributed by atoms with Crippen LogP contribution in [0.25, 0.3) is 11.1 Å². The Labute approximate surface area is 184 Å². The Morgan fingerprint density at radius 2 is 1.97 bits per heavy atom. The van der Waals surface area contributed by atoms with Crippen molar-refractivity contribution in [3.63, 3.8) is 0 Å². The Balaban J connectivity index is 1.36. The van der Waals surface area contributed by atoms with Gasteiger partial charge in [-0.15, -0.1) is 0 Å². The summed E-state index contributed by atoms with van der Waals surface area (Å²) in [5.74, 6) is 1.08. The summed E-state index contributed by atoms with van der Waals surface area (Å²) >= 11 is 1.76. The molecule has 156 valence electrons. The second-order valence-electron chi connectivity index (χ2n) is 8.82. The van der Waals surface area contributed by atoms with E-state index in [1.165, 1.54) is 84.4 Å². The summed E-state index contributed by atoms with van der Waals surface area (Å²) in [7, 11) is 0. The van der Waals surface area contributed by atoms with Crippen LogP contribution in [0.3, 0.4) is 0 Å². The van der Waals surface area contributed by atoms with Gasteiger partial charge in [0.05, 0.1) is 0 Å². The fourth-order valence-electron chi connectivity index (χ4n) is 4.93. The average Bonchev–Trinajstić information content (AvgIpc) is 3.38. The van der Waals surface area contributed by atoms with Gasteiger partial charge in [-0.1, -0.05) is 30.2 Å². The van der Waals surface area contributed by atoms with Gasteiger partial charge in [-0.3, -0.25) is 0 Å². The molecule has 1 saturated heterocycles. The molecule has 2 aliphatic rings. The Bertz CT molecular complexity index is 1000. The second kappa shape index (κ2) is 8.91. The van der Waals surface area contributed by atoms with Crippen molar-refractivity contribution in [1.82, 2.24) is 9.88 Å². The van der Waals surface area contributed by atoms with Crippen molar-refractivity contribution in [2.24, 2.45) is 0 Å². The van der Waals surface area contributed by atoms with Crippen molar-refractivity contribution in [3.05, 3.63) is 69.0 Å². The van der Waals surface area contributed by atoms with E-state index in [9.17, 15) is 0 Å². The molecule has 1 N–H and O–H groups in total. The standard InChI is InChI=1S/C26H31N3S/c1-19-6-7-24-21(14-19)16-22-17-23(15-20-8-13-30-18-20)28-26(25(22)24)27-9-5-12-29-10-3-2-4-11-29/h6-8,13-14,17-18H,2-5,9-12,15-16H2,1H3,(H,27,28). The monoisotopic (exact) mass is 417 g/mol. The van der Waals surface area contributed by atoms with Gasteiger partial charge in [-0.05, 0) is 97.4 Å². The maximum atomic E-state index is 5.10. The van der Waals surface area contributed by atoms with Gasteiger partial charge < -0.3 is 10.2 Å². The second-order valence-corrected chi connectivity index (χ2v) is 9.60. The summed E-state index contributed by atoms with van der Waals surface area (Å²) in [6.45, 7) is 6.91. The zero-order valence-corrected chi connectivity index (χ0v) is 18.7. The highest BCUT2D eigenvalue weighted by Crippen LogP contribution is 2.41. The topological polar surface area (TPSA) is 28.2 Å². The predicted octanol–water partition coefficient (Wildman–Crippen LogP) is 5.90. The van der Waals surface area contributed by atoms with Gasteiger partial charge >= 0.3 is 0 Å². The van der Waals surface area contributed by atoms with Crippen LogP contribution in [0, 0.1) is 6.92 Å². The van der Waals surface area contributed by atoms with Gasteiger partial charge in [-0.2, -0.15) is 11.3 Å². The highest BCUT2D eigenvalue weighted by molar-refractivity contribution is 7.07. The Morgan fingerprint density at radius 1 is 1.07 bits per heavy atom. The Hall–Kier alpha value is -2.17. The highest BCUT2D eigenvalue weighted by Gasteiger charge is 2.24. The lowest BCUT2D eigenvalue weighted by Gasteiger charge is -2.26. The minimum Gasteiger partial charge on any atom is -0.369 e. The third-order valence-electron chi connectivity index (χ3n) is 6.42. The number of thiophene rings is 1. The van der Waals surface area contributed by atoms with Crippen LogP contribution in [0.1, 0.15) is 53.6 Å². The molecule has 3 nitrogen and oxygen atoms in total. The minimum absolute atomic E-state index is 0.911. The number of hydrogen-bond acceptors (Lipinski definition) is 4. The lowest BCUT2D eigenvalue weighted by atomic mass is 10.0. The van der Waals surface area contributed by atoms with Crippen molar-refractivity contribution in [1.29, 1.82) is 0 Å². The molecule has 2 aromatic heterocycles. The number of hydrogen-bond donors (Lipinski definition) is 1. The first-order valence-electron chi connectivity index (χ1n) is 11.4. The van der Waals surface area contributed by atoms with Crippen molar-refractivity contribution in [3.8, 4) is 11.1 Å². The normalized spacial score (nSPS) is 15.8. The zero-order chi connectivity index (χ0) is 20.3. The van der Waals surface area contributed by atoms with E-state index in [2.05, 4.69) is 58.2 Å².